The summed E-state index contributed by atoms with van der Waals surface area (Å²) in [6, 6.07) is 4.00. The second-order valence-electron chi connectivity index (χ2n) is 7.56. The van der Waals surface area contributed by atoms with Crippen LogP contribution in [0.25, 0.3) is 20.7 Å². The van der Waals surface area contributed by atoms with E-state index >= 15 is 0 Å². The topological polar surface area (TPSA) is 66.1 Å². The molecule has 4 heterocycles. The van der Waals surface area contributed by atoms with Crippen molar-refractivity contribution in [1.29, 1.82) is 0 Å². The summed E-state index contributed by atoms with van der Waals surface area (Å²) in [5.74, 6) is 2.90. The molecule has 3 aromatic rings. The molecule has 0 aliphatic carbocycles. The number of carbonyl (C=O) groups is 1. The number of nitrogens with one attached hydrogen (secondary N) is 1. The van der Waals surface area contributed by atoms with Crippen LogP contribution in [0.5, 0.6) is 0 Å². The number of amides is 1. The van der Waals surface area contributed by atoms with Crippen LogP contribution in [0.4, 0.5) is 0 Å². The number of H-pyrrole nitrogens is 1. The van der Waals surface area contributed by atoms with Gasteiger partial charge in [-0.3, -0.25) is 9.59 Å². The zero-order valence-electron chi connectivity index (χ0n) is 15.9. The van der Waals surface area contributed by atoms with Crippen molar-refractivity contribution < 1.29 is 4.79 Å². The van der Waals surface area contributed by atoms with Crippen LogP contribution in [0.1, 0.15) is 26.1 Å². The van der Waals surface area contributed by atoms with Crippen LogP contribution in [-0.2, 0) is 10.5 Å². The van der Waals surface area contributed by atoms with Crippen molar-refractivity contribution in [1.82, 2.24) is 14.9 Å². The molecule has 1 amide bonds. The van der Waals surface area contributed by atoms with Gasteiger partial charge in [-0.05, 0) is 29.7 Å². The Morgan fingerprint density at radius 3 is 2.82 bits per heavy atom. The van der Waals surface area contributed by atoms with Gasteiger partial charge in [0, 0.05) is 28.9 Å². The normalized spacial score (nSPS) is 20.0. The van der Waals surface area contributed by atoms with Crippen molar-refractivity contribution in [3.05, 3.63) is 39.1 Å². The van der Waals surface area contributed by atoms with Gasteiger partial charge in [0.25, 0.3) is 5.56 Å². The number of rotatable bonds is 5. The van der Waals surface area contributed by atoms with Crippen LogP contribution in [0.2, 0.25) is 0 Å². The third-order valence-corrected chi connectivity index (χ3v) is 7.67. The zero-order chi connectivity index (χ0) is 19.7. The first kappa shape index (κ1) is 19.7. The molecule has 3 aromatic heterocycles. The fourth-order valence-corrected chi connectivity index (χ4v) is 6.44. The van der Waals surface area contributed by atoms with Gasteiger partial charge in [0.05, 0.1) is 16.9 Å². The van der Waals surface area contributed by atoms with Crippen molar-refractivity contribution >= 4 is 50.6 Å². The Kier molecular flexibility index (Phi) is 5.89. The summed E-state index contributed by atoms with van der Waals surface area (Å²) in [7, 11) is 0. The summed E-state index contributed by atoms with van der Waals surface area (Å²) >= 11 is 4.63. The van der Waals surface area contributed by atoms with Gasteiger partial charge < -0.3 is 9.88 Å². The molecule has 8 heteroatoms. The summed E-state index contributed by atoms with van der Waals surface area (Å²) in [6.07, 6.45) is 1.19. The van der Waals surface area contributed by atoms with Crippen LogP contribution >= 0.6 is 34.4 Å². The molecule has 0 saturated carbocycles. The number of piperidine rings is 1. The molecule has 0 radical (unpaired) electrons. The number of aromatic nitrogens is 2. The quantitative estimate of drug-likeness (QED) is 0.645. The minimum atomic E-state index is -0.102. The fraction of sp³-hybridized carbons (Fsp3) is 0.450. The molecule has 0 aromatic carbocycles. The summed E-state index contributed by atoms with van der Waals surface area (Å²) in [4.78, 5) is 36.5. The molecule has 1 aliphatic rings. The van der Waals surface area contributed by atoms with Crippen molar-refractivity contribution in [2.45, 2.75) is 26.0 Å². The van der Waals surface area contributed by atoms with Crippen LogP contribution in [0.15, 0.2) is 27.7 Å². The second kappa shape index (κ2) is 8.39. The maximum atomic E-state index is 12.6. The summed E-state index contributed by atoms with van der Waals surface area (Å²) in [6.45, 7) is 6.12. The van der Waals surface area contributed by atoms with E-state index < -0.39 is 0 Å². The molecule has 148 valence electrons. The van der Waals surface area contributed by atoms with E-state index in [2.05, 4.69) is 23.8 Å². The van der Waals surface area contributed by atoms with Crippen molar-refractivity contribution in [2.75, 3.05) is 18.8 Å². The Morgan fingerprint density at radius 2 is 2.11 bits per heavy atom. The Hall–Kier alpha value is -1.64. The maximum Gasteiger partial charge on any atom is 0.260 e. The molecule has 4 rings (SSSR count). The molecule has 1 N–H and O–H groups in total. The molecule has 2 atom stereocenters. The van der Waals surface area contributed by atoms with Gasteiger partial charge in [-0.1, -0.05) is 19.9 Å². The van der Waals surface area contributed by atoms with Gasteiger partial charge in [-0.25, -0.2) is 4.98 Å². The van der Waals surface area contributed by atoms with E-state index in [-0.39, 0.29) is 11.5 Å². The van der Waals surface area contributed by atoms with Gasteiger partial charge in [0.1, 0.15) is 10.7 Å². The Morgan fingerprint density at radius 1 is 1.32 bits per heavy atom. The average molecular weight is 434 g/mol. The first-order chi connectivity index (χ1) is 13.5. The maximum absolute atomic E-state index is 12.6. The fourth-order valence-electron chi connectivity index (χ4n) is 3.87. The lowest BCUT2D eigenvalue weighted by Gasteiger charge is -2.35. The molecule has 1 aliphatic heterocycles. The molecule has 5 nitrogen and oxygen atoms in total. The number of hydrogen-bond acceptors (Lipinski definition) is 6. The number of nitrogens with zero attached hydrogens (tertiary/aromatic N) is 2. The predicted molar refractivity (Wildman–Crippen MR) is 119 cm³/mol. The summed E-state index contributed by atoms with van der Waals surface area (Å²) in [5, 5.41) is 4.66. The van der Waals surface area contributed by atoms with E-state index in [1.165, 1.54) is 29.5 Å². The minimum absolute atomic E-state index is 0.102. The number of aromatic amines is 1. The summed E-state index contributed by atoms with van der Waals surface area (Å²) in [5.41, 5.74) is 0.849. The van der Waals surface area contributed by atoms with Crippen LogP contribution in [0, 0.1) is 11.8 Å². The molecule has 28 heavy (non-hydrogen) atoms. The van der Waals surface area contributed by atoms with Crippen LogP contribution in [0.3, 0.4) is 0 Å². The molecule has 1 fully saturated rings. The second-order valence-corrected chi connectivity index (χ2v) is 10.3. The molecule has 1 saturated heterocycles. The Bertz CT molecular complexity index is 1020. The summed E-state index contributed by atoms with van der Waals surface area (Å²) < 4.78 is 0. The highest BCUT2D eigenvalue weighted by Crippen LogP contribution is 2.33. The van der Waals surface area contributed by atoms with Gasteiger partial charge >= 0.3 is 0 Å². The van der Waals surface area contributed by atoms with E-state index in [0.29, 0.717) is 34.6 Å². The van der Waals surface area contributed by atoms with Crippen LogP contribution in [-0.4, -0.2) is 39.6 Å². The van der Waals surface area contributed by atoms with Gasteiger partial charge in [-0.2, -0.15) is 0 Å². The highest BCUT2D eigenvalue weighted by molar-refractivity contribution is 7.99. The minimum Gasteiger partial charge on any atom is -0.341 e. The largest absolute Gasteiger partial charge is 0.341 e. The third-order valence-electron chi connectivity index (χ3n) is 4.97. The van der Waals surface area contributed by atoms with Gasteiger partial charge in [-0.15, -0.1) is 34.4 Å². The smallest absolute Gasteiger partial charge is 0.260 e. The van der Waals surface area contributed by atoms with Crippen molar-refractivity contribution in [2.24, 2.45) is 11.8 Å². The van der Waals surface area contributed by atoms with E-state index in [0.717, 1.165) is 28.4 Å². The van der Waals surface area contributed by atoms with E-state index in [1.807, 2.05) is 27.8 Å². The van der Waals surface area contributed by atoms with Gasteiger partial charge in [0.15, 0.2) is 0 Å². The first-order valence-electron chi connectivity index (χ1n) is 9.41. The number of fused-ring (bicyclic) bond motifs is 1. The monoisotopic (exact) mass is 433 g/mol. The van der Waals surface area contributed by atoms with Crippen LogP contribution < -0.4 is 5.56 Å². The molecular formula is C20H23N3O2S3. The number of hydrogen-bond donors (Lipinski definition) is 1. The molecule has 2 unspecified atom stereocenters. The zero-order valence-corrected chi connectivity index (χ0v) is 18.4. The highest BCUT2D eigenvalue weighted by Gasteiger charge is 2.25. The highest BCUT2D eigenvalue weighted by atomic mass is 32.2. The van der Waals surface area contributed by atoms with E-state index in [9.17, 15) is 9.59 Å². The van der Waals surface area contributed by atoms with E-state index in [1.54, 1.807) is 11.3 Å². The Labute approximate surface area is 176 Å². The molecular weight excluding hydrogens is 410 g/mol. The van der Waals surface area contributed by atoms with E-state index in [4.69, 9.17) is 0 Å². The lowest BCUT2D eigenvalue weighted by molar-refractivity contribution is -0.130. The number of thioether (sulfide) groups is 1. The van der Waals surface area contributed by atoms with Crippen molar-refractivity contribution in [3.63, 3.8) is 0 Å². The molecule has 0 spiro atoms. The van der Waals surface area contributed by atoms with Gasteiger partial charge in [0.2, 0.25) is 5.91 Å². The SMILES string of the molecule is CC1CC(C)CN(C(=O)CSCc2nc3scc(-c4cccs4)c3c(=O)[nH]2)C1. The average Bonchev–Trinajstić information content (AvgIpc) is 3.30. The lowest BCUT2D eigenvalue weighted by Crippen LogP contribution is -2.43. The number of likely N-dealkylation sites (tertiary alicyclic amines) is 1. The first-order valence-corrected chi connectivity index (χ1v) is 12.3. The number of thiophene rings is 2. The predicted octanol–water partition coefficient (Wildman–Crippen LogP) is 4.45. The Balaban J connectivity index is 1.42. The standard InChI is InChI=1S/C20H23N3O2S3/c1-12-6-13(2)8-23(7-12)17(24)11-26-10-16-21-19(25)18-14(9-28-20(18)22-16)15-4-3-5-27-15/h3-5,9,12-13H,6-8,10-11H2,1-2H3,(H,21,22,25). The van der Waals surface area contributed by atoms with Crippen molar-refractivity contribution in [3.8, 4) is 10.4 Å². The lowest BCUT2D eigenvalue weighted by atomic mass is 9.92. The molecule has 0 bridgehead atoms. The third kappa shape index (κ3) is 4.18. The number of carbonyl (C=O) groups excluding carboxylic acids is 1.